The zero-order valence-electron chi connectivity index (χ0n) is 21.2. The van der Waals surface area contributed by atoms with Gasteiger partial charge in [0, 0.05) is 42.0 Å². The van der Waals surface area contributed by atoms with Crippen LogP contribution in [0.25, 0.3) is 0 Å². The number of carbonyl (C=O) groups excluding carboxylic acids is 3. The SMILES string of the molecule is COc1cccc2c1C(=O)c1c(O)c3c(c(O)c1C2=O)CC(O)(C(=O)CO)C[C@@H]3O[C@@H]1C[C@@H](N)[C@H](O)[C@@H](C)O1. The molecule has 1 heterocycles. The fourth-order valence-corrected chi connectivity index (χ4v) is 5.75. The van der Waals surface area contributed by atoms with E-state index in [0.29, 0.717) is 0 Å². The Morgan fingerprint density at radius 2 is 1.85 bits per heavy atom. The van der Waals surface area contributed by atoms with E-state index in [9.17, 15) is 39.9 Å². The van der Waals surface area contributed by atoms with E-state index in [0.717, 1.165) is 0 Å². The molecule has 5 rings (SSSR count). The van der Waals surface area contributed by atoms with E-state index < -0.39 is 95.7 Å². The van der Waals surface area contributed by atoms with Gasteiger partial charge in [-0.25, -0.2) is 0 Å². The van der Waals surface area contributed by atoms with Crippen LogP contribution < -0.4 is 10.5 Å². The summed E-state index contributed by atoms with van der Waals surface area (Å²) in [4.78, 5) is 39.7. The third-order valence-electron chi connectivity index (χ3n) is 7.81. The maximum atomic E-state index is 13.6. The number of hydrogen-bond donors (Lipinski definition) is 6. The number of phenols is 2. The molecule has 2 aliphatic carbocycles. The molecule has 0 radical (unpaired) electrons. The Morgan fingerprint density at radius 3 is 2.49 bits per heavy atom. The van der Waals surface area contributed by atoms with Crippen LogP contribution in [0.2, 0.25) is 0 Å². The summed E-state index contributed by atoms with van der Waals surface area (Å²) in [6, 6.07) is 3.64. The number of carbonyl (C=O) groups is 3. The summed E-state index contributed by atoms with van der Waals surface area (Å²) < 4.78 is 17.0. The molecule has 0 spiro atoms. The van der Waals surface area contributed by atoms with Crippen molar-refractivity contribution >= 4 is 17.3 Å². The van der Waals surface area contributed by atoms with Gasteiger partial charge in [0.05, 0.1) is 42.1 Å². The molecule has 0 amide bonds. The lowest BCUT2D eigenvalue weighted by molar-refractivity contribution is -0.247. The van der Waals surface area contributed by atoms with Crippen molar-refractivity contribution in [2.24, 2.45) is 5.73 Å². The molecule has 1 fully saturated rings. The predicted octanol–water partition coefficient (Wildman–Crippen LogP) is 0.00130. The van der Waals surface area contributed by atoms with Crippen molar-refractivity contribution in [3.8, 4) is 17.2 Å². The number of aromatic hydroxyl groups is 2. The second-order valence-corrected chi connectivity index (χ2v) is 10.2. The van der Waals surface area contributed by atoms with Crippen LogP contribution in [0.3, 0.4) is 0 Å². The molecule has 39 heavy (non-hydrogen) atoms. The monoisotopic (exact) mass is 543 g/mol. The number of aliphatic hydroxyl groups excluding tert-OH is 2. The average molecular weight is 544 g/mol. The van der Waals surface area contributed by atoms with Crippen molar-refractivity contribution in [3.63, 3.8) is 0 Å². The number of aliphatic hydroxyl groups is 3. The highest BCUT2D eigenvalue weighted by Gasteiger charge is 2.50. The van der Waals surface area contributed by atoms with Crippen LogP contribution in [0.4, 0.5) is 0 Å². The van der Waals surface area contributed by atoms with Crippen molar-refractivity contribution in [2.75, 3.05) is 13.7 Å². The lowest BCUT2D eigenvalue weighted by Crippen LogP contribution is -2.53. The molecule has 12 heteroatoms. The second kappa shape index (κ2) is 9.66. The van der Waals surface area contributed by atoms with Crippen LogP contribution >= 0.6 is 0 Å². The highest BCUT2D eigenvalue weighted by atomic mass is 16.7. The first-order chi connectivity index (χ1) is 18.4. The van der Waals surface area contributed by atoms with Crippen molar-refractivity contribution in [3.05, 3.63) is 51.6 Å². The highest BCUT2D eigenvalue weighted by molar-refractivity contribution is 6.31. The number of Topliss-reactive ketones (excluding diaryl/α,β-unsaturated/α-hetero) is 1. The van der Waals surface area contributed by atoms with Crippen LogP contribution in [-0.2, 0) is 20.7 Å². The van der Waals surface area contributed by atoms with Crippen LogP contribution in [0.1, 0.15) is 68.8 Å². The summed E-state index contributed by atoms with van der Waals surface area (Å²) in [5, 5.41) is 53.7. The summed E-state index contributed by atoms with van der Waals surface area (Å²) in [5.74, 6) is -3.77. The minimum absolute atomic E-state index is 0.0173. The lowest BCUT2D eigenvalue weighted by atomic mass is 9.72. The molecular weight excluding hydrogens is 514 g/mol. The van der Waals surface area contributed by atoms with E-state index in [1.54, 1.807) is 6.92 Å². The minimum Gasteiger partial charge on any atom is -0.507 e. The van der Waals surface area contributed by atoms with E-state index in [2.05, 4.69) is 0 Å². The van der Waals surface area contributed by atoms with Gasteiger partial charge in [-0.15, -0.1) is 0 Å². The molecule has 3 aliphatic rings. The van der Waals surface area contributed by atoms with Gasteiger partial charge in [-0.05, 0) is 13.0 Å². The summed E-state index contributed by atoms with van der Waals surface area (Å²) >= 11 is 0. The number of nitrogens with two attached hydrogens (primary N) is 1. The van der Waals surface area contributed by atoms with Gasteiger partial charge < -0.3 is 45.5 Å². The Kier molecular flexibility index (Phi) is 6.74. The minimum atomic E-state index is -2.24. The molecular formula is C27H29NO11. The number of fused-ring (bicyclic) bond motifs is 3. The molecule has 0 aromatic heterocycles. The fourth-order valence-electron chi connectivity index (χ4n) is 5.75. The molecule has 1 aliphatic heterocycles. The first-order valence-electron chi connectivity index (χ1n) is 12.4. The maximum Gasteiger partial charge on any atom is 0.202 e. The van der Waals surface area contributed by atoms with E-state index in [-0.39, 0.29) is 34.4 Å². The highest BCUT2D eigenvalue weighted by Crippen LogP contribution is 2.52. The molecule has 12 nitrogen and oxygen atoms in total. The summed E-state index contributed by atoms with van der Waals surface area (Å²) in [5.41, 5.74) is 2.37. The summed E-state index contributed by atoms with van der Waals surface area (Å²) in [7, 11) is 1.32. The predicted molar refractivity (Wildman–Crippen MR) is 132 cm³/mol. The molecule has 2 aromatic carbocycles. The lowest BCUT2D eigenvalue weighted by Gasteiger charge is -2.42. The van der Waals surface area contributed by atoms with Crippen LogP contribution in [-0.4, -0.2) is 86.7 Å². The number of phenolic OH excluding ortho intramolecular Hbond substituents is 2. The van der Waals surface area contributed by atoms with E-state index in [4.69, 9.17) is 19.9 Å². The average Bonchev–Trinajstić information content (AvgIpc) is 2.90. The molecule has 2 aromatic rings. The Hall–Kier alpha value is -3.39. The Labute approximate surface area is 222 Å². The van der Waals surface area contributed by atoms with Gasteiger partial charge in [-0.3, -0.25) is 14.4 Å². The molecule has 208 valence electrons. The third-order valence-corrected chi connectivity index (χ3v) is 7.81. The van der Waals surface area contributed by atoms with Crippen LogP contribution in [0, 0.1) is 0 Å². The first kappa shape index (κ1) is 27.2. The normalized spacial score (nSPS) is 29.8. The van der Waals surface area contributed by atoms with Crippen LogP contribution in [0.5, 0.6) is 17.2 Å². The number of benzene rings is 2. The topological polar surface area (TPSA) is 206 Å². The number of methoxy groups -OCH3 is 1. The van der Waals surface area contributed by atoms with E-state index in [1.807, 2.05) is 0 Å². The van der Waals surface area contributed by atoms with Gasteiger partial charge in [0.2, 0.25) is 5.78 Å². The smallest absolute Gasteiger partial charge is 0.202 e. The molecule has 0 bridgehead atoms. The van der Waals surface area contributed by atoms with Gasteiger partial charge in [-0.1, -0.05) is 12.1 Å². The van der Waals surface area contributed by atoms with Gasteiger partial charge in [0.25, 0.3) is 0 Å². The van der Waals surface area contributed by atoms with E-state index >= 15 is 0 Å². The first-order valence-corrected chi connectivity index (χ1v) is 12.4. The number of ether oxygens (including phenoxy) is 3. The Balaban J connectivity index is 1.69. The van der Waals surface area contributed by atoms with Crippen LogP contribution in [0.15, 0.2) is 18.2 Å². The van der Waals surface area contributed by atoms with Crippen molar-refractivity contribution in [1.82, 2.24) is 0 Å². The zero-order valence-corrected chi connectivity index (χ0v) is 21.2. The molecule has 1 unspecified atom stereocenters. The molecule has 0 saturated carbocycles. The molecule has 1 saturated heterocycles. The number of hydrogen-bond acceptors (Lipinski definition) is 12. The van der Waals surface area contributed by atoms with Crippen molar-refractivity contribution < 1.29 is 54.1 Å². The number of rotatable bonds is 5. The van der Waals surface area contributed by atoms with Crippen molar-refractivity contribution in [2.45, 2.75) is 62.4 Å². The fraction of sp³-hybridized carbons (Fsp3) is 0.444. The number of ketones is 3. The van der Waals surface area contributed by atoms with Crippen molar-refractivity contribution in [1.29, 1.82) is 0 Å². The van der Waals surface area contributed by atoms with Gasteiger partial charge in [-0.2, -0.15) is 0 Å². The third kappa shape index (κ3) is 4.11. The second-order valence-electron chi connectivity index (χ2n) is 10.2. The largest absolute Gasteiger partial charge is 0.507 e. The standard InChI is InChI=1S/C27H29NO11/c1-10-22(31)13(28)6-17(38-10)39-15-8-27(36,16(30)9-29)7-12-19(15)26(35)21-20(24(12)33)23(32)11-4-3-5-14(37-2)18(11)25(21)34/h3-5,10,13,15,17,22,29,31,33,35-36H,6-9,28H2,1-2H3/t10-,13-,15+,17-,22-,27?/m1/s1. The summed E-state index contributed by atoms with van der Waals surface area (Å²) in [6.07, 6.45) is -5.12. The van der Waals surface area contributed by atoms with Gasteiger partial charge >= 0.3 is 0 Å². The zero-order chi connectivity index (χ0) is 28.4. The quantitative estimate of drug-likeness (QED) is 0.235. The Bertz CT molecular complexity index is 1380. The maximum absolute atomic E-state index is 13.6. The summed E-state index contributed by atoms with van der Waals surface area (Å²) in [6.45, 7) is 0.560. The molecule has 6 atom stereocenters. The Morgan fingerprint density at radius 1 is 1.15 bits per heavy atom. The van der Waals surface area contributed by atoms with Gasteiger partial charge in [0.1, 0.15) is 29.5 Å². The molecule has 7 N–H and O–H groups in total. The van der Waals surface area contributed by atoms with Gasteiger partial charge in [0.15, 0.2) is 17.9 Å². The van der Waals surface area contributed by atoms with E-state index in [1.165, 1.54) is 25.3 Å².